The smallest absolute Gasteiger partial charge is 0.255 e. The molecule has 9 heteroatoms. The summed E-state index contributed by atoms with van der Waals surface area (Å²) >= 11 is 2.95. The molecule has 1 aliphatic heterocycles. The minimum absolute atomic E-state index is 0.0522. The Labute approximate surface area is 195 Å². The van der Waals surface area contributed by atoms with E-state index in [4.69, 9.17) is 4.74 Å². The fraction of sp³-hybridized carbons (Fsp3) is 0.304. The van der Waals surface area contributed by atoms with Gasteiger partial charge >= 0.3 is 0 Å². The molecule has 0 radical (unpaired) electrons. The monoisotopic (exact) mass is 468 g/mol. The van der Waals surface area contributed by atoms with E-state index in [0.29, 0.717) is 27.9 Å². The van der Waals surface area contributed by atoms with Crippen LogP contribution >= 0.6 is 23.1 Å². The zero-order chi connectivity index (χ0) is 22.5. The van der Waals surface area contributed by atoms with Gasteiger partial charge in [-0.2, -0.15) is 0 Å². The molecule has 1 aromatic carbocycles. The van der Waals surface area contributed by atoms with Crippen molar-refractivity contribution in [2.45, 2.75) is 30.5 Å². The van der Waals surface area contributed by atoms with E-state index in [2.05, 4.69) is 9.97 Å². The van der Waals surface area contributed by atoms with Crippen molar-refractivity contribution >= 4 is 45.7 Å². The highest BCUT2D eigenvalue weighted by molar-refractivity contribution is 7.98. The average Bonchev–Trinajstić information content (AvgIpc) is 3.51. The summed E-state index contributed by atoms with van der Waals surface area (Å²) in [7, 11) is 1.58. The highest BCUT2D eigenvalue weighted by atomic mass is 32.2. The molecule has 2 aromatic heterocycles. The van der Waals surface area contributed by atoms with Crippen molar-refractivity contribution in [3.05, 3.63) is 59.2 Å². The summed E-state index contributed by atoms with van der Waals surface area (Å²) in [5.74, 6) is 1.14. The predicted molar refractivity (Wildman–Crippen MR) is 127 cm³/mol. The van der Waals surface area contributed by atoms with E-state index in [9.17, 15) is 9.59 Å². The number of carbonyl (C=O) groups is 2. The first kappa shape index (κ1) is 22.3. The van der Waals surface area contributed by atoms with E-state index in [0.717, 1.165) is 36.7 Å². The van der Waals surface area contributed by atoms with E-state index in [1.807, 2.05) is 46.7 Å². The van der Waals surface area contributed by atoms with Gasteiger partial charge in [0.15, 0.2) is 5.13 Å². The van der Waals surface area contributed by atoms with Crippen LogP contribution in [-0.2, 0) is 10.5 Å². The molecule has 166 valence electrons. The second-order valence-electron chi connectivity index (χ2n) is 7.32. The number of nitrogens with zero attached hydrogens (tertiary/aromatic N) is 4. The third kappa shape index (κ3) is 4.94. The van der Waals surface area contributed by atoms with Gasteiger partial charge in [-0.3, -0.25) is 14.5 Å². The maximum atomic E-state index is 12.5. The van der Waals surface area contributed by atoms with Crippen molar-refractivity contribution in [1.29, 1.82) is 0 Å². The maximum Gasteiger partial charge on any atom is 0.255 e. The van der Waals surface area contributed by atoms with Gasteiger partial charge in [0.05, 0.1) is 29.1 Å². The Balaban J connectivity index is 1.42. The van der Waals surface area contributed by atoms with E-state index >= 15 is 0 Å². The quantitative estimate of drug-likeness (QED) is 0.466. The lowest BCUT2D eigenvalue weighted by molar-refractivity contribution is -0.115. The van der Waals surface area contributed by atoms with Crippen LogP contribution in [-0.4, -0.2) is 46.9 Å². The molecular weight excluding hydrogens is 444 g/mol. The van der Waals surface area contributed by atoms with Gasteiger partial charge in [0.25, 0.3) is 5.91 Å². The number of likely N-dealkylation sites (tertiary alicyclic amines) is 1. The molecule has 7 nitrogen and oxygen atoms in total. The van der Waals surface area contributed by atoms with Gasteiger partial charge in [-0.25, -0.2) is 9.97 Å². The lowest BCUT2D eigenvalue weighted by Crippen LogP contribution is -2.27. The van der Waals surface area contributed by atoms with Crippen LogP contribution in [0.4, 0.5) is 10.8 Å². The van der Waals surface area contributed by atoms with Gasteiger partial charge < -0.3 is 9.64 Å². The van der Waals surface area contributed by atoms with Crippen molar-refractivity contribution in [3.63, 3.8) is 0 Å². The van der Waals surface area contributed by atoms with Gasteiger partial charge in [0.2, 0.25) is 5.91 Å². The Hall–Kier alpha value is -2.91. The van der Waals surface area contributed by atoms with Crippen LogP contribution < -0.4 is 9.64 Å². The number of benzene rings is 1. The lowest BCUT2D eigenvalue weighted by atomic mass is 10.2. The minimum Gasteiger partial charge on any atom is -0.495 e. The highest BCUT2D eigenvalue weighted by Gasteiger charge is 2.22. The Bertz CT molecular complexity index is 1090. The fourth-order valence-electron chi connectivity index (χ4n) is 3.53. The van der Waals surface area contributed by atoms with Crippen LogP contribution in [0.2, 0.25) is 0 Å². The molecule has 0 bridgehead atoms. The number of hydrogen-bond donors (Lipinski definition) is 0. The number of thioether (sulfide) groups is 1. The first-order valence-electron chi connectivity index (χ1n) is 10.3. The largest absolute Gasteiger partial charge is 0.495 e. The molecule has 1 saturated heterocycles. The Morgan fingerprint density at radius 1 is 1.19 bits per heavy atom. The standard InChI is InChI=1S/C23H24N4O3S2/c1-16(28)27(19-7-3-4-8-20(19)30-2)23-25-18(15-32-23)14-31-21-10-9-17(13-24-21)22(29)26-11-5-6-12-26/h3-4,7-10,13,15H,5-6,11-12,14H2,1-2H3. The summed E-state index contributed by atoms with van der Waals surface area (Å²) in [6, 6.07) is 11.1. The topological polar surface area (TPSA) is 75.6 Å². The lowest BCUT2D eigenvalue weighted by Gasteiger charge is -2.20. The van der Waals surface area contributed by atoms with Gasteiger partial charge in [-0.05, 0) is 37.1 Å². The van der Waals surface area contributed by atoms with Crippen LogP contribution in [0, 0.1) is 0 Å². The summed E-state index contributed by atoms with van der Waals surface area (Å²) in [4.78, 5) is 37.4. The molecule has 3 heterocycles. The number of para-hydroxylation sites is 2. The van der Waals surface area contributed by atoms with Crippen LogP contribution in [0.3, 0.4) is 0 Å². The van der Waals surface area contributed by atoms with Gasteiger partial charge in [0, 0.05) is 37.3 Å². The number of pyridine rings is 1. The number of aromatic nitrogens is 2. The number of ether oxygens (including phenoxy) is 1. The minimum atomic E-state index is -0.136. The summed E-state index contributed by atoms with van der Waals surface area (Å²) < 4.78 is 5.41. The van der Waals surface area contributed by atoms with Crippen molar-refractivity contribution < 1.29 is 14.3 Å². The van der Waals surface area contributed by atoms with E-state index in [1.165, 1.54) is 18.3 Å². The average molecular weight is 469 g/mol. The van der Waals surface area contributed by atoms with E-state index in [1.54, 1.807) is 30.0 Å². The zero-order valence-corrected chi connectivity index (χ0v) is 19.6. The van der Waals surface area contributed by atoms with Crippen molar-refractivity contribution in [2.24, 2.45) is 0 Å². The second-order valence-corrected chi connectivity index (χ2v) is 9.15. The molecule has 3 aromatic rings. The fourth-order valence-corrected chi connectivity index (χ4v) is 5.25. The molecule has 0 N–H and O–H groups in total. The van der Waals surface area contributed by atoms with E-state index in [-0.39, 0.29) is 11.8 Å². The molecule has 0 unspecified atom stereocenters. The Morgan fingerprint density at radius 2 is 1.97 bits per heavy atom. The first-order valence-corrected chi connectivity index (χ1v) is 12.2. The molecular formula is C23H24N4O3S2. The van der Waals surface area contributed by atoms with Gasteiger partial charge in [-0.15, -0.1) is 23.1 Å². The summed E-state index contributed by atoms with van der Waals surface area (Å²) in [6.07, 6.45) is 3.79. The predicted octanol–water partition coefficient (Wildman–Crippen LogP) is 4.76. The van der Waals surface area contributed by atoms with Crippen molar-refractivity contribution in [2.75, 3.05) is 25.1 Å². The number of hydrogen-bond acceptors (Lipinski definition) is 7. The molecule has 0 spiro atoms. The summed E-state index contributed by atoms with van der Waals surface area (Å²) in [5.41, 5.74) is 2.15. The molecule has 0 aliphatic carbocycles. The number of anilines is 2. The summed E-state index contributed by atoms with van der Waals surface area (Å²) in [5, 5.41) is 3.36. The second kappa shape index (κ2) is 10.1. The van der Waals surface area contributed by atoms with Crippen LogP contribution in [0.25, 0.3) is 0 Å². The number of carbonyl (C=O) groups excluding carboxylic acids is 2. The molecule has 1 fully saturated rings. The number of methoxy groups -OCH3 is 1. The van der Waals surface area contributed by atoms with E-state index < -0.39 is 0 Å². The van der Waals surface area contributed by atoms with Gasteiger partial charge in [0.1, 0.15) is 5.75 Å². The van der Waals surface area contributed by atoms with Gasteiger partial charge in [-0.1, -0.05) is 12.1 Å². The third-order valence-corrected chi connectivity index (χ3v) is 6.97. The highest BCUT2D eigenvalue weighted by Crippen LogP contribution is 2.36. The van der Waals surface area contributed by atoms with Crippen LogP contribution in [0.15, 0.2) is 53.0 Å². The van der Waals surface area contributed by atoms with Crippen LogP contribution in [0.1, 0.15) is 35.8 Å². The van der Waals surface area contributed by atoms with Crippen LogP contribution in [0.5, 0.6) is 5.75 Å². The normalized spacial score (nSPS) is 13.2. The van der Waals surface area contributed by atoms with Crippen molar-refractivity contribution in [1.82, 2.24) is 14.9 Å². The maximum absolute atomic E-state index is 12.5. The molecule has 0 atom stereocenters. The number of rotatable bonds is 7. The Kier molecular flexibility index (Phi) is 7.06. The summed E-state index contributed by atoms with van der Waals surface area (Å²) in [6.45, 7) is 3.17. The molecule has 0 saturated carbocycles. The Morgan fingerprint density at radius 3 is 2.66 bits per heavy atom. The first-order chi connectivity index (χ1) is 15.6. The zero-order valence-electron chi connectivity index (χ0n) is 18.0. The molecule has 32 heavy (non-hydrogen) atoms. The third-order valence-electron chi connectivity index (χ3n) is 5.12. The van der Waals surface area contributed by atoms with Crippen molar-refractivity contribution in [3.8, 4) is 5.75 Å². The number of amides is 2. The molecule has 4 rings (SSSR count). The SMILES string of the molecule is COc1ccccc1N(C(C)=O)c1nc(CSc2ccc(C(=O)N3CCCC3)cn2)cs1. The molecule has 2 amide bonds. The number of thiazole rings is 1. The molecule has 1 aliphatic rings.